The first-order valence-electron chi connectivity index (χ1n) is 24.4. The van der Waals surface area contributed by atoms with Crippen molar-refractivity contribution in [1.82, 2.24) is 5.32 Å². The number of hydrogen-bond donors (Lipinski definition) is 3. The third-order valence-electron chi connectivity index (χ3n) is 15.2. The lowest BCUT2D eigenvalue weighted by atomic mass is 9.44. The first-order valence-corrected chi connectivity index (χ1v) is 24.4. The van der Waals surface area contributed by atoms with Crippen LogP contribution in [0.1, 0.15) is 132 Å². The fourth-order valence-corrected chi connectivity index (χ4v) is 11.4. The minimum absolute atomic E-state index is 0.0111. The highest BCUT2D eigenvalue weighted by Crippen LogP contribution is 2.64. The summed E-state index contributed by atoms with van der Waals surface area (Å²) in [6, 6.07) is 23.2. The summed E-state index contributed by atoms with van der Waals surface area (Å²) in [5.74, 6) is -7.55. The Morgan fingerprint density at radius 3 is 1.99 bits per heavy atom. The van der Waals surface area contributed by atoms with Crippen molar-refractivity contribution in [3.05, 3.63) is 119 Å². The Labute approximate surface area is 413 Å². The summed E-state index contributed by atoms with van der Waals surface area (Å²) in [7, 11) is 0. The molecular formula is C55H65NO15. The van der Waals surface area contributed by atoms with E-state index >= 15 is 9.59 Å². The molecule has 3 aromatic carbocycles. The number of nitrogens with one attached hydrogen (secondary N) is 1. The summed E-state index contributed by atoms with van der Waals surface area (Å²) in [6.07, 6.45) is -6.51. The van der Waals surface area contributed by atoms with E-state index in [-0.39, 0.29) is 41.7 Å². The van der Waals surface area contributed by atoms with Gasteiger partial charge in [0.2, 0.25) is 6.10 Å². The Bertz CT molecular complexity index is 2510. The number of ether oxygens (including phenoxy) is 6. The van der Waals surface area contributed by atoms with Gasteiger partial charge in [-0.15, -0.1) is 0 Å². The van der Waals surface area contributed by atoms with Crippen LogP contribution in [0, 0.1) is 16.7 Å². The predicted molar refractivity (Wildman–Crippen MR) is 255 cm³/mol. The minimum Gasteiger partial charge on any atom is -0.455 e. The second kappa shape index (κ2) is 21.2. The second-order valence-corrected chi connectivity index (χ2v) is 20.0. The van der Waals surface area contributed by atoms with E-state index in [4.69, 9.17) is 28.4 Å². The summed E-state index contributed by atoms with van der Waals surface area (Å²) in [5, 5.41) is 29.0. The number of carbonyl (C=O) groups is 7. The van der Waals surface area contributed by atoms with Gasteiger partial charge >= 0.3 is 29.8 Å². The molecule has 1 unspecified atom stereocenters. The largest absolute Gasteiger partial charge is 0.455 e. The minimum atomic E-state index is -2.43. The summed E-state index contributed by atoms with van der Waals surface area (Å²) >= 11 is 0. The Hall–Kier alpha value is -6.23. The molecule has 2 bridgehead atoms. The number of Topliss-reactive ketones (excluding diaryl/α,β-unsaturated/α-hetero) is 1. The van der Waals surface area contributed by atoms with Crippen LogP contribution in [0.5, 0.6) is 0 Å². The molecule has 380 valence electrons. The maximum Gasteiger partial charge on any atom is 0.350 e. The molecule has 1 heterocycles. The van der Waals surface area contributed by atoms with Gasteiger partial charge < -0.3 is 44.0 Å². The number of rotatable bonds is 17. The maximum absolute atomic E-state index is 15.7. The summed E-state index contributed by atoms with van der Waals surface area (Å²) in [5.41, 5.74) is -7.16. The fraction of sp³-hybridized carbons (Fsp3) is 0.509. The molecule has 3 aliphatic carbocycles. The van der Waals surface area contributed by atoms with Crippen LogP contribution in [0.4, 0.5) is 0 Å². The summed E-state index contributed by atoms with van der Waals surface area (Å²) in [6.45, 7) is 10.1. The SMILES string of the molecule is CCCCCCCC(=O)O[C@@H](C(=O)O[C@H]1C[C@@]2(O)[C@@H](OC(=O)c3ccccc3)C3[C@](C)(C(=O)[C@H](OC(C)=O)C(=C1C)C2(C)C)[C@@H](O)C[C@H]1OC[C@@]31OC(C)=O)[C@@H](NC(=O)c1ccccc1)c1ccccc1. The van der Waals surface area contributed by atoms with Gasteiger partial charge in [-0.3, -0.25) is 24.0 Å². The lowest BCUT2D eigenvalue weighted by Gasteiger charge is -2.67. The topological polar surface area (TPSA) is 227 Å². The number of benzene rings is 3. The normalized spacial score (nSPS) is 29.2. The maximum atomic E-state index is 15.7. The van der Waals surface area contributed by atoms with Gasteiger partial charge in [-0.1, -0.05) is 113 Å². The number of fused-ring (bicyclic) bond motifs is 5. The third kappa shape index (κ3) is 10.0. The summed E-state index contributed by atoms with van der Waals surface area (Å²) in [4.78, 5) is 99.6. The number of carbonyl (C=O) groups excluding carboxylic acids is 7. The van der Waals surface area contributed by atoms with Crippen molar-refractivity contribution >= 4 is 41.5 Å². The van der Waals surface area contributed by atoms with E-state index < -0.39 is 119 Å². The third-order valence-corrected chi connectivity index (χ3v) is 15.2. The van der Waals surface area contributed by atoms with E-state index in [2.05, 4.69) is 12.2 Å². The fourth-order valence-electron chi connectivity index (χ4n) is 11.4. The molecule has 7 rings (SSSR count). The van der Waals surface area contributed by atoms with E-state index in [1.807, 2.05) is 0 Å². The van der Waals surface area contributed by atoms with Crippen LogP contribution in [0.2, 0.25) is 0 Å². The molecule has 16 nitrogen and oxygen atoms in total. The monoisotopic (exact) mass is 979 g/mol. The van der Waals surface area contributed by atoms with Crippen molar-refractivity contribution in [2.45, 2.75) is 154 Å². The van der Waals surface area contributed by atoms with Crippen LogP contribution in [0.25, 0.3) is 0 Å². The molecular weight excluding hydrogens is 915 g/mol. The number of unbranched alkanes of at least 4 members (excludes halogenated alkanes) is 4. The molecule has 2 saturated carbocycles. The van der Waals surface area contributed by atoms with Crippen LogP contribution in [0.15, 0.2) is 102 Å². The molecule has 71 heavy (non-hydrogen) atoms. The number of esters is 5. The van der Waals surface area contributed by atoms with Gasteiger partial charge in [0.15, 0.2) is 17.5 Å². The van der Waals surface area contributed by atoms with Gasteiger partial charge in [0.25, 0.3) is 5.91 Å². The van der Waals surface area contributed by atoms with E-state index in [1.54, 1.807) is 99.6 Å². The zero-order valence-corrected chi connectivity index (χ0v) is 41.3. The molecule has 3 fully saturated rings. The van der Waals surface area contributed by atoms with Gasteiger partial charge in [-0.2, -0.15) is 0 Å². The van der Waals surface area contributed by atoms with Crippen molar-refractivity contribution in [3.8, 4) is 0 Å². The first-order chi connectivity index (χ1) is 33.7. The van der Waals surface area contributed by atoms with E-state index in [9.17, 15) is 34.2 Å². The van der Waals surface area contributed by atoms with Crippen LogP contribution in [-0.2, 0) is 52.4 Å². The van der Waals surface area contributed by atoms with Crippen molar-refractivity contribution in [2.24, 2.45) is 16.7 Å². The molecule has 11 atom stereocenters. The molecule has 3 N–H and O–H groups in total. The van der Waals surface area contributed by atoms with Gasteiger partial charge in [0.1, 0.15) is 30.0 Å². The first kappa shape index (κ1) is 52.6. The Morgan fingerprint density at radius 2 is 1.41 bits per heavy atom. The predicted octanol–water partition coefficient (Wildman–Crippen LogP) is 6.65. The van der Waals surface area contributed by atoms with E-state index in [1.165, 1.54) is 19.1 Å². The second-order valence-electron chi connectivity index (χ2n) is 20.0. The molecule has 0 aromatic heterocycles. The average Bonchev–Trinajstić information content (AvgIpc) is 3.33. The van der Waals surface area contributed by atoms with Crippen LogP contribution in [0.3, 0.4) is 0 Å². The Morgan fingerprint density at radius 1 is 0.803 bits per heavy atom. The van der Waals surface area contributed by atoms with Crippen molar-refractivity contribution in [3.63, 3.8) is 0 Å². The van der Waals surface area contributed by atoms with Gasteiger partial charge in [0.05, 0.1) is 29.6 Å². The molecule has 3 aromatic rings. The van der Waals surface area contributed by atoms with E-state index in [0.717, 1.165) is 39.5 Å². The molecule has 16 heteroatoms. The highest BCUT2D eigenvalue weighted by atomic mass is 16.6. The van der Waals surface area contributed by atoms with Crippen LogP contribution >= 0.6 is 0 Å². The summed E-state index contributed by atoms with van der Waals surface area (Å²) < 4.78 is 37.0. The standard InChI is InChI=1S/C55H65NO15/c1-8-9-10-11-21-28-41(60)69-45(43(35-22-15-12-16-23-35)56-49(62)36-24-17-13-18-25-36)51(64)68-38-30-55(65)48(70-50(63)37-26-19-14-20-27-37)46-53(7,39(59)29-40-54(46,31-66-40)71-34(4)58)47(61)44(67-33(3)57)42(32(38)2)52(55,5)6/h12-20,22-27,38-40,43-46,48,59,65H,8-11,21,28-31H2,1-7H3,(H,56,62)/t38-,39-,40+,43-,44+,45+,46?,48-,53+,54-,55+/m0/s1. The Kier molecular flexibility index (Phi) is 15.7. The zero-order valence-electron chi connectivity index (χ0n) is 41.3. The number of amides is 1. The molecule has 1 amide bonds. The Balaban J connectivity index is 1.40. The van der Waals surface area contributed by atoms with Crippen LogP contribution in [-0.4, -0.2) is 106 Å². The quantitative estimate of drug-likeness (QED) is 0.0557. The van der Waals surface area contributed by atoms with Gasteiger partial charge in [0, 0.05) is 44.1 Å². The highest BCUT2D eigenvalue weighted by Gasteiger charge is 2.78. The number of aliphatic hydroxyl groups is 2. The van der Waals surface area contributed by atoms with Crippen LogP contribution < -0.4 is 5.32 Å². The molecule has 0 radical (unpaired) electrons. The highest BCUT2D eigenvalue weighted by molar-refractivity contribution is 5.96. The average molecular weight is 980 g/mol. The van der Waals surface area contributed by atoms with Gasteiger partial charge in [-0.05, 0) is 61.2 Å². The molecule has 4 aliphatic rings. The van der Waals surface area contributed by atoms with Crippen molar-refractivity contribution < 1.29 is 72.2 Å². The molecule has 1 saturated heterocycles. The smallest absolute Gasteiger partial charge is 0.350 e. The number of ketones is 1. The number of aliphatic hydroxyl groups excluding tert-OH is 1. The van der Waals surface area contributed by atoms with E-state index in [0.29, 0.717) is 12.0 Å². The lowest BCUT2D eigenvalue weighted by molar-refractivity contribution is -0.346. The molecule has 0 spiro atoms. The zero-order chi connectivity index (χ0) is 51.5. The number of hydrogen-bond acceptors (Lipinski definition) is 15. The van der Waals surface area contributed by atoms with Crippen molar-refractivity contribution in [2.75, 3.05) is 6.61 Å². The lowest BCUT2D eigenvalue weighted by Crippen LogP contribution is -2.82. The van der Waals surface area contributed by atoms with Crippen molar-refractivity contribution in [1.29, 1.82) is 0 Å². The molecule has 1 aliphatic heterocycles. The van der Waals surface area contributed by atoms with Gasteiger partial charge in [-0.25, -0.2) is 9.59 Å².